The quantitative estimate of drug-likeness (QED) is 0.547. The molecule has 2 aliphatic rings. The fourth-order valence-corrected chi connectivity index (χ4v) is 3.98. The molecule has 4 rings (SSSR count). The Labute approximate surface area is 183 Å². The highest BCUT2D eigenvalue weighted by atomic mass is 16.5. The lowest BCUT2D eigenvalue weighted by Crippen LogP contribution is -2.36. The van der Waals surface area contributed by atoms with Crippen LogP contribution in [-0.2, 0) is 22.6 Å². The summed E-state index contributed by atoms with van der Waals surface area (Å²) in [6.45, 7) is 7.28. The first-order valence-corrected chi connectivity index (χ1v) is 10.9. The lowest BCUT2D eigenvalue weighted by Gasteiger charge is -2.29. The van der Waals surface area contributed by atoms with E-state index in [1.807, 2.05) is 48.5 Å². The van der Waals surface area contributed by atoms with Crippen molar-refractivity contribution in [3.05, 3.63) is 70.8 Å². The van der Waals surface area contributed by atoms with E-state index in [-0.39, 0.29) is 5.78 Å². The molecule has 31 heavy (non-hydrogen) atoms. The molecule has 0 spiro atoms. The van der Waals surface area contributed by atoms with Crippen LogP contribution < -0.4 is 0 Å². The first-order chi connectivity index (χ1) is 15.2. The molecule has 0 amide bonds. The fourth-order valence-electron chi connectivity index (χ4n) is 3.98. The molecule has 2 aromatic rings. The van der Waals surface area contributed by atoms with Gasteiger partial charge in [0.2, 0.25) is 0 Å². The molecule has 2 fully saturated rings. The van der Waals surface area contributed by atoms with Gasteiger partial charge in [0.05, 0.1) is 26.4 Å². The number of phenols is 1. The number of nitrogens with zero attached hydrogens (tertiary/aromatic N) is 2. The van der Waals surface area contributed by atoms with E-state index < -0.39 is 0 Å². The number of allylic oxidation sites excluding steroid dienone is 1. The molecule has 1 N–H and O–H groups in total. The Balaban J connectivity index is 1.59. The summed E-state index contributed by atoms with van der Waals surface area (Å²) in [7, 11) is 0. The molecule has 0 saturated carbocycles. The molecule has 0 aliphatic carbocycles. The maximum atomic E-state index is 13.0. The van der Waals surface area contributed by atoms with Crippen molar-refractivity contribution in [1.29, 1.82) is 0 Å². The zero-order chi connectivity index (χ0) is 21.5. The first-order valence-electron chi connectivity index (χ1n) is 10.9. The number of ketones is 1. The largest absolute Gasteiger partial charge is 0.507 e. The number of hydrogen-bond acceptors (Lipinski definition) is 6. The average Bonchev–Trinajstić information content (AvgIpc) is 2.82. The van der Waals surface area contributed by atoms with Gasteiger partial charge >= 0.3 is 0 Å². The predicted molar refractivity (Wildman–Crippen MR) is 120 cm³/mol. The number of phenolic OH excluding ortho intramolecular Hbond substituents is 1. The molecule has 2 aromatic carbocycles. The van der Waals surface area contributed by atoms with E-state index in [1.165, 1.54) is 0 Å². The number of morpholine rings is 2. The van der Waals surface area contributed by atoms with Gasteiger partial charge in [0.1, 0.15) is 5.75 Å². The van der Waals surface area contributed by atoms with Gasteiger partial charge in [-0.1, -0.05) is 36.4 Å². The van der Waals surface area contributed by atoms with Crippen LogP contribution in [0.4, 0.5) is 0 Å². The minimum Gasteiger partial charge on any atom is -0.507 e. The van der Waals surface area contributed by atoms with Crippen LogP contribution in [-0.4, -0.2) is 73.3 Å². The molecule has 6 heteroatoms. The molecule has 6 nitrogen and oxygen atoms in total. The van der Waals surface area contributed by atoms with Crippen LogP contribution >= 0.6 is 0 Å². The molecular formula is C25H30N2O4. The van der Waals surface area contributed by atoms with Crippen LogP contribution in [0.5, 0.6) is 5.75 Å². The van der Waals surface area contributed by atoms with Gasteiger partial charge in [-0.05, 0) is 23.8 Å². The van der Waals surface area contributed by atoms with E-state index in [0.29, 0.717) is 50.8 Å². The molecule has 0 radical (unpaired) electrons. The second-order valence-corrected chi connectivity index (χ2v) is 8.03. The molecular weight excluding hydrogens is 392 g/mol. The van der Waals surface area contributed by atoms with Crippen molar-refractivity contribution in [3.8, 4) is 5.75 Å². The van der Waals surface area contributed by atoms with Gasteiger partial charge in [0, 0.05) is 56.0 Å². The van der Waals surface area contributed by atoms with Gasteiger partial charge in [0.15, 0.2) is 5.78 Å². The zero-order valence-electron chi connectivity index (χ0n) is 17.8. The van der Waals surface area contributed by atoms with E-state index in [9.17, 15) is 9.90 Å². The molecule has 0 atom stereocenters. The van der Waals surface area contributed by atoms with Gasteiger partial charge < -0.3 is 14.6 Å². The lowest BCUT2D eigenvalue weighted by molar-refractivity contribution is 0.0327. The maximum absolute atomic E-state index is 13.0. The summed E-state index contributed by atoms with van der Waals surface area (Å²) in [6.07, 6.45) is 3.44. The van der Waals surface area contributed by atoms with Gasteiger partial charge in [-0.15, -0.1) is 0 Å². The Morgan fingerprint density at radius 1 is 0.871 bits per heavy atom. The van der Waals surface area contributed by atoms with Crippen molar-refractivity contribution in [3.63, 3.8) is 0 Å². The van der Waals surface area contributed by atoms with Crippen LogP contribution in [0.25, 0.3) is 6.08 Å². The SMILES string of the molecule is O=C(C=Cc1ccccc1)c1cc(CN2CCOCC2)c(O)c(CN2CCOCC2)c1. The van der Waals surface area contributed by atoms with Crippen molar-refractivity contribution in [1.82, 2.24) is 9.80 Å². The normalized spacial score (nSPS) is 18.5. The summed E-state index contributed by atoms with van der Waals surface area (Å²) in [5.41, 5.74) is 3.18. The minimum absolute atomic E-state index is 0.0599. The number of carbonyl (C=O) groups is 1. The Hall–Kier alpha value is -2.51. The molecule has 164 valence electrons. The lowest BCUT2D eigenvalue weighted by atomic mass is 9.99. The standard InChI is InChI=1S/C25H30N2O4/c28-24(7-6-20-4-2-1-3-5-20)21-16-22(18-26-8-12-30-13-9-26)25(29)23(17-21)19-27-10-14-31-15-11-27/h1-7,16-17,29H,8-15,18-19H2. The summed E-state index contributed by atoms with van der Waals surface area (Å²) >= 11 is 0. The monoisotopic (exact) mass is 422 g/mol. The summed E-state index contributed by atoms with van der Waals surface area (Å²) in [4.78, 5) is 17.5. The fraction of sp³-hybridized carbons (Fsp3) is 0.400. The number of benzene rings is 2. The van der Waals surface area contributed by atoms with Gasteiger partial charge in [-0.2, -0.15) is 0 Å². The van der Waals surface area contributed by atoms with E-state index in [4.69, 9.17) is 9.47 Å². The molecule has 2 saturated heterocycles. The van der Waals surface area contributed by atoms with E-state index in [0.717, 1.165) is 42.9 Å². The first kappa shape index (κ1) is 21.7. The third kappa shape index (κ3) is 6.02. The second kappa shape index (κ2) is 10.7. The molecule has 0 unspecified atom stereocenters. The van der Waals surface area contributed by atoms with Crippen molar-refractivity contribution in [2.75, 3.05) is 52.6 Å². The van der Waals surface area contributed by atoms with E-state index in [1.54, 1.807) is 6.08 Å². The van der Waals surface area contributed by atoms with Crippen LogP contribution in [0, 0.1) is 0 Å². The maximum Gasteiger partial charge on any atom is 0.185 e. The van der Waals surface area contributed by atoms with Gasteiger partial charge in [-0.25, -0.2) is 0 Å². The Bertz CT molecular complexity index is 860. The molecule has 2 heterocycles. The van der Waals surface area contributed by atoms with E-state index >= 15 is 0 Å². The number of hydrogen-bond donors (Lipinski definition) is 1. The van der Waals surface area contributed by atoms with Crippen LogP contribution in [0.1, 0.15) is 27.0 Å². The smallest absolute Gasteiger partial charge is 0.185 e. The molecule has 0 aromatic heterocycles. The molecule has 0 bridgehead atoms. The minimum atomic E-state index is -0.0599. The summed E-state index contributed by atoms with van der Waals surface area (Å²) in [5.74, 6) is 0.233. The van der Waals surface area contributed by atoms with Crippen LogP contribution in [0.3, 0.4) is 0 Å². The van der Waals surface area contributed by atoms with Crippen molar-refractivity contribution < 1.29 is 19.4 Å². The second-order valence-electron chi connectivity index (χ2n) is 8.03. The number of rotatable bonds is 7. The van der Waals surface area contributed by atoms with E-state index in [2.05, 4.69) is 9.80 Å². The van der Waals surface area contributed by atoms with Crippen molar-refractivity contribution in [2.24, 2.45) is 0 Å². The Kier molecular flexibility index (Phi) is 7.48. The average molecular weight is 423 g/mol. The third-order valence-electron chi connectivity index (χ3n) is 5.77. The van der Waals surface area contributed by atoms with Gasteiger partial charge in [0.25, 0.3) is 0 Å². The predicted octanol–water partition coefficient (Wildman–Crippen LogP) is 2.95. The number of carbonyl (C=O) groups excluding carboxylic acids is 1. The van der Waals surface area contributed by atoms with Crippen molar-refractivity contribution in [2.45, 2.75) is 13.1 Å². The summed E-state index contributed by atoms with van der Waals surface area (Å²) in [5, 5.41) is 11.0. The summed E-state index contributed by atoms with van der Waals surface area (Å²) in [6, 6.07) is 13.5. The van der Waals surface area contributed by atoms with Crippen LogP contribution in [0.2, 0.25) is 0 Å². The van der Waals surface area contributed by atoms with Gasteiger partial charge in [-0.3, -0.25) is 14.6 Å². The zero-order valence-corrected chi connectivity index (χ0v) is 17.8. The van der Waals surface area contributed by atoms with Crippen molar-refractivity contribution >= 4 is 11.9 Å². The Morgan fingerprint density at radius 3 is 1.90 bits per heavy atom. The summed E-state index contributed by atoms with van der Waals surface area (Å²) < 4.78 is 10.9. The Morgan fingerprint density at radius 2 is 1.39 bits per heavy atom. The highest BCUT2D eigenvalue weighted by Gasteiger charge is 2.20. The molecule has 2 aliphatic heterocycles. The highest BCUT2D eigenvalue weighted by Crippen LogP contribution is 2.28. The topological polar surface area (TPSA) is 62.2 Å². The third-order valence-corrected chi connectivity index (χ3v) is 5.77. The van der Waals surface area contributed by atoms with Crippen LogP contribution in [0.15, 0.2) is 48.5 Å². The number of aromatic hydroxyl groups is 1. The number of ether oxygens (including phenoxy) is 2. The highest BCUT2D eigenvalue weighted by molar-refractivity contribution is 6.07.